The van der Waals surface area contributed by atoms with Crippen molar-refractivity contribution in [2.45, 2.75) is 138 Å². The predicted octanol–water partition coefficient (Wildman–Crippen LogP) is 9.37. The molecule has 12 amide bonds. The van der Waals surface area contributed by atoms with E-state index in [1.807, 2.05) is 23.9 Å². The van der Waals surface area contributed by atoms with Crippen LogP contribution in [0.25, 0.3) is 44.1 Å². The number of fused-ring (bicyclic) bond motifs is 4. The number of likely N-dealkylation sites (N-methyl/N-ethyl adjacent to an activating group) is 2. The van der Waals surface area contributed by atoms with E-state index in [4.69, 9.17) is 12.2 Å². The highest BCUT2D eigenvalue weighted by molar-refractivity contribution is 6.27. The summed E-state index contributed by atoms with van der Waals surface area (Å²) in [5.74, 6) is -10.5. The zero-order chi connectivity index (χ0) is 94.9. The number of carboxylic acid groups (broad SMARTS) is 1. The number of alkyl halides is 7. The number of hydrogen-bond acceptors (Lipinski definition) is 23. The number of Topliss-reactive ketones (excluding diaryl/α,β-unsaturated/α-hetero) is 1. The molecule has 4 saturated heterocycles. The standard InChI is InChI=1S/C45H44F4N8O7.C29H32F4N6O2.C15H13N3O6.CH3F/c1-56-21-25(22-56)54-41(61)31-20-52-35-18-32(45(47,48)49)29(17-30(35)39(31)53-24-10-11-24)23-9-12-27(33(46)16-23)40(60)50-15-4-2-3-6-26(58)19-51-34-8-5-7-28-38(34)44(64)57(43(28)63)36-13-14-37(59)55-42(36)62;1-39-14-18(15-39)38-28(41)22-13-36-25-12-23(29(31,32)33)20(11-21(25)26(22)37-17-5-6-17)16-4-7-19(24(30)10-16)27(40)35-9-3-2-8-34;19-10-5-4-9(13(22)17-10)18-14(23)7-2-1-3-8(12(7)15(18)24)16-6-11(20)21;1-2/h5,7-9,12,16-18,20,24-25,36,51H,2-4,6,10-11,13-15,19,21-22H2,1H3,(H,50,60)(H,52,53)(H,54,61)(H,55,59,62);4,7,10-13,17-18H,2-3,5-6,8-9,14-15,34H2,1H3,(H,35,40)(H,36,37)(H,38,41);1-3,9,16H,4-6H2,(H,20,21)(H,17,19,22);1H3/i;;;1D. The number of nitrogens with one attached hydrogen (secondary N) is 10. The Labute approximate surface area is 743 Å². The van der Waals surface area contributed by atoms with Crippen LogP contribution in [0.1, 0.15) is 185 Å². The van der Waals surface area contributed by atoms with Gasteiger partial charge in [-0.05, 0) is 180 Å². The van der Waals surface area contributed by atoms with Crippen LogP contribution in [-0.2, 0) is 41.1 Å². The molecule has 32 nitrogen and oxygen atoms in total. The number of amides is 12. The Hall–Kier alpha value is -13.8. The number of nitrogens with two attached hydrogens (primary N) is 1. The van der Waals surface area contributed by atoms with Crippen LogP contribution >= 0.6 is 0 Å². The number of hydrogen-bond donors (Lipinski definition) is 12. The number of unbranched alkanes of at least 4 members (excludes halogenated alkanes) is 3. The number of carbonyl (C=O) groups is 14. The number of halogens is 9. The zero-order valence-electron chi connectivity index (χ0n) is 71.7. The maximum Gasteiger partial charge on any atom is 0.417 e. The van der Waals surface area contributed by atoms with E-state index in [0.717, 1.165) is 65.8 Å². The Balaban J connectivity index is 0.000000185. The molecule has 0 radical (unpaired) electrons. The van der Waals surface area contributed by atoms with Crippen molar-refractivity contribution < 1.29 is 113 Å². The fraction of sp³-hybridized carbons (Fsp3) is 0.378. The number of imide groups is 4. The topological polar surface area (TPSA) is 444 Å². The highest BCUT2D eigenvalue weighted by Crippen LogP contribution is 2.46. The van der Waals surface area contributed by atoms with Crippen LogP contribution in [0.5, 0.6) is 0 Å². The molecular weight excluding hydrogens is 1730 g/mol. The van der Waals surface area contributed by atoms with Crippen molar-refractivity contribution in [3.05, 3.63) is 177 Å². The van der Waals surface area contributed by atoms with Gasteiger partial charge >= 0.3 is 18.3 Å². The highest BCUT2D eigenvalue weighted by Gasteiger charge is 2.48. The van der Waals surface area contributed by atoms with Gasteiger partial charge in [0, 0.05) is 105 Å². The van der Waals surface area contributed by atoms with Crippen molar-refractivity contribution in [2.24, 2.45) is 5.73 Å². The molecule has 131 heavy (non-hydrogen) atoms. The molecule has 16 rings (SSSR count). The molecule has 13 N–H and O–H groups in total. The van der Waals surface area contributed by atoms with Crippen LogP contribution in [0, 0.1) is 11.6 Å². The van der Waals surface area contributed by atoms with E-state index < -0.39 is 132 Å². The number of ketones is 1. The van der Waals surface area contributed by atoms with Gasteiger partial charge in [-0.1, -0.05) is 30.7 Å². The van der Waals surface area contributed by atoms with E-state index in [-0.39, 0.29) is 176 Å². The fourth-order valence-corrected chi connectivity index (χ4v) is 16.0. The number of pyridine rings is 2. The first kappa shape index (κ1) is 93.3. The molecule has 690 valence electrons. The second kappa shape index (κ2) is 40.5. The molecule has 6 fully saturated rings. The van der Waals surface area contributed by atoms with Gasteiger partial charge in [-0.2, -0.15) is 26.3 Å². The summed E-state index contributed by atoms with van der Waals surface area (Å²) in [5, 5.41) is 36.8. The number of aliphatic carboxylic acids is 1. The van der Waals surface area contributed by atoms with Gasteiger partial charge in [-0.25, -0.2) is 8.78 Å². The minimum atomic E-state index is -4.84. The van der Waals surface area contributed by atoms with Gasteiger partial charge in [0.2, 0.25) is 23.6 Å². The summed E-state index contributed by atoms with van der Waals surface area (Å²) in [6.45, 7) is 3.04. The van der Waals surface area contributed by atoms with Gasteiger partial charge in [0.1, 0.15) is 30.3 Å². The molecular formula is C90H92F9N17O15. The van der Waals surface area contributed by atoms with E-state index in [0.29, 0.717) is 88.1 Å². The van der Waals surface area contributed by atoms with Crippen LogP contribution in [0.2, 0.25) is 0 Å². The number of benzene rings is 6. The lowest BCUT2D eigenvalue weighted by Gasteiger charge is -2.36. The number of carbonyl (C=O) groups excluding carboxylic acids is 13. The first-order valence-corrected chi connectivity index (χ1v) is 42.1. The van der Waals surface area contributed by atoms with Gasteiger partial charge in [-0.3, -0.25) is 102 Å². The predicted molar refractivity (Wildman–Crippen MR) is 459 cm³/mol. The molecule has 8 heterocycles. The summed E-state index contributed by atoms with van der Waals surface area (Å²) >= 11 is 0. The van der Waals surface area contributed by atoms with E-state index in [9.17, 15) is 97.9 Å². The van der Waals surface area contributed by atoms with E-state index in [1.165, 1.54) is 67.0 Å². The smallest absolute Gasteiger partial charge is 0.417 e. The Kier molecular flexibility index (Phi) is 28.8. The molecule has 2 aliphatic carbocycles. The van der Waals surface area contributed by atoms with Gasteiger partial charge in [0.25, 0.3) is 47.3 Å². The van der Waals surface area contributed by atoms with Crippen LogP contribution in [0.3, 0.4) is 0 Å². The monoisotopic (exact) mass is 1820 g/mol. The number of carboxylic acids is 1. The maximum atomic E-state index is 15.6. The largest absolute Gasteiger partial charge is 0.480 e. The molecule has 2 aromatic heterocycles. The van der Waals surface area contributed by atoms with Gasteiger partial charge in [0.15, 0.2) is 5.78 Å². The maximum absolute atomic E-state index is 15.6. The lowest BCUT2D eigenvalue weighted by molar-refractivity contribution is -0.137. The Bertz CT molecular complexity index is 5950. The Morgan fingerprint density at radius 1 is 0.504 bits per heavy atom. The summed E-state index contributed by atoms with van der Waals surface area (Å²) in [7, 11) is 2.85. The fourth-order valence-electron chi connectivity index (χ4n) is 16.0. The van der Waals surface area contributed by atoms with E-state index >= 15 is 8.78 Å². The number of piperidine rings is 2. The Morgan fingerprint density at radius 2 is 0.916 bits per heavy atom. The molecule has 41 heteroatoms. The lowest BCUT2D eigenvalue weighted by atomic mass is 9.94. The molecule has 0 bridgehead atoms. The van der Waals surface area contributed by atoms with Gasteiger partial charge in [0.05, 0.1) is 105 Å². The first-order chi connectivity index (χ1) is 62.9. The molecule has 2 atom stereocenters. The van der Waals surface area contributed by atoms with Crippen molar-refractivity contribution in [2.75, 3.05) is 101 Å². The average molecular weight is 1820 g/mol. The van der Waals surface area contributed by atoms with Crippen molar-refractivity contribution in [3.8, 4) is 22.3 Å². The third-order valence-electron chi connectivity index (χ3n) is 23.0. The minimum absolute atomic E-state index is 0.00439. The van der Waals surface area contributed by atoms with Crippen LogP contribution in [0.4, 0.5) is 62.3 Å². The summed E-state index contributed by atoms with van der Waals surface area (Å²) < 4.78 is 132. The van der Waals surface area contributed by atoms with Gasteiger partial charge < -0.3 is 63.2 Å². The summed E-state index contributed by atoms with van der Waals surface area (Å²) in [6, 6.07) is 17.8. The van der Waals surface area contributed by atoms with Crippen LogP contribution in [-0.4, -0.2) is 234 Å². The molecule has 8 aromatic rings. The number of rotatable bonds is 30. The second-order valence-electron chi connectivity index (χ2n) is 32.7. The highest BCUT2D eigenvalue weighted by atomic mass is 19.4. The second-order valence-corrected chi connectivity index (χ2v) is 32.7. The molecule has 8 aliphatic rings. The quantitative estimate of drug-likeness (QED) is 0.0113. The number of anilines is 4. The van der Waals surface area contributed by atoms with Crippen LogP contribution in [0.15, 0.2) is 109 Å². The molecule has 0 spiro atoms. The minimum Gasteiger partial charge on any atom is -0.480 e. The van der Waals surface area contributed by atoms with Crippen molar-refractivity contribution in [1.29, 1.82) is 0 Å². The zero-order valence-corrected chi connectivity index (χ0v) is 70.7. The Morgan fingerprint density at radius 3 is 1.29 bits per heavy atom. The van der Waals surface area contributed by atoms with E-state index in [2.05, 4.69) is 63.1 Å². The third kappa shape index (κ3) is 21.9. The summed E-state index contributed by atoms with van der Waals surface area (Å²) in [6.07, 6.45) is -0.725. The summed E-state index contributed by atoms with van der Waals surface area (Å²) in [5.41, 5.74) is 3.87. The molecule has 2 unspecified atom stereocenters. The van der Waals surface area contributed by atoms with Gasteiger partial charge in [-0.15, -0.1) is 0 Å². The number of likely N-dealkylation sites (tertiary alicyclic amines) is 2. The van der Waals surface area contributed by atoms with Crippen molar-refractivity contribution in [1.82, 2.24) is 61.5 Å². The molecule has 6 aromatic carbocycles. The third-order valence-corrected chi connectivity index (χ3v) is 23.0. The normalized spacial score (nSPS) is 17.5. The molecule has 6 aliphatic heterocycles. The van der Waals surface area contributed by atoms with E-state index in [1.54, 1.807) is 12.1 Å². The number of aromatic nitrogens is 2. The van der Waals surface area contributed by atoms with Crippen molar-refractivity contribution >= 4 is 127 Å². The van der Waals surface area contributed by atoms with Crippen LogP contribution < -0.4 is 58.9 Å². The SMILES string of the molecule is CN1CC(NC(=O)c2cnc3cc(C(F)(F)F)c(-c4ccc(C(=O)NCCCCCC(=O)CNc5cccc6c5C(=O)N(C5CCC(=O)NC5=O)C6=O)c(F)c4)cc3c2NC2CC2)C1.CN1CC(NC(=O)c2cnc3cc(C(F)(F)F)c(-c4ccc(C(=O)NCCCCN)c(F)c4)cc3c2NC2CC2)C1.O=C(O)CNc1cccc2c1C(=O)N(C1CCC(=O)NC1=O)C2=O.[2H]CF. The number of nitrogens with zero attached hydrogens (tertiary/aromatic N) is 6. The average Bonchev–Trinajstić information content (AvgIpc) is 1.56. The lowest BCUT2D eigenvalue weighted by Crippen LogP contribution is -2.57. The first-order valence-electron chi connectivity index (χ1n) is 42.9. The molecule has 2 saturated carbocycles. The summed E-state index contributed by atoms with van der Waals surface area (Å²) in [4.78, 5) is 188. The van der Waals surface area contributed by atoms with Crippen molar-refractivity contribution in [3.63, 3.8) is 0 Å².